The van der Waals surface area contributed by atoms with E-state index in [-0.39, 0.29) is 12.2 Å². The highest BCUT2D eigenvalue weighted by molar-refractivity contribution is 7.98. The number of benzene rings is 1. The highest BCUT2D eigenvalue weighted by Crippen LogP contribution is 2.04. The number of Topliss-reactive ketones (excluding diaryl/α,β-unsaturated/α-hetero) is 1. The summed E-state index contributed by atoms with van der Waals surface area (Å²) >= 11 is 1.60. The summed E-state index contributed by atoms with van der Waals surface area (Å²) in [5, 5.41) is 0. The van der Waals surface area contributed by atoms with Crippen LogP contribution in [0, 0.1) is 0 Å². The molecule has 4 heteroatoms. The Morgan fingerprint density at radius 3 is 2.56 bits per heavy atom. The highest BCUT2D eigenvalue weighted by Gasteiger charge is 2.11. The molecule has 0 aliphatic rings. The van der Waals surface area contributed by atoms with Crippen molar-refractivity contribution in [1.29, 1.82) is 0 Å². The van der Waals surface area contributed by atoms with Gasteiger partial charge in [0, 0.05) is 11.3 Å². The summed E-state index contributed by atoms with van der Waals surface area (Å²) in [6.45, 7) is 0.363. The molecule has 86 valence electrons. The molecule has 1 aromatic carbocycles. The van der Waals surface area contributed by atoms with Crippen molar-refractivity contribution in [3.8, 4) is 0 Å². The second kappa shape index (κ2) is 7.06. The number of hydrogen-bond acceptors (Lipinski definition) is 4. The number of ether oxygens (including phenoxy) is 1. The lowest BCUT2D eigenvalue weighted by Crippen LogP contribution is -2.13. The van der Waals surface area contributed by atoms with Crippen molar-refractivity contribution in [2.75, 3.05) is 18.6 Å². The summed E-state index contributed by atoms with van der Waals surface area (Å²) in [5.74, 6) is 0.100. The summed E-state index contributed by atoms with van der Waals surface area (Å²) in [4.78, 5) is 22.8. The maximum absolute atomic E-state index is 11.6. The van der Waals surface area contributed by atoms with Crippen molar-refractivity contribution >= 4 is 23.5 Å². The lowest BCUT2D eigenvalue weighted by Gasteiger charge is -2.03. The van der Waals surface area contributed by atoms with E-state index in [1.54, 1.807) is 36.0 Å². The molecule has 0 N–H and O–H groups in total. The number of rotatable bonds is 6. The van der Waals surface area contributed by atoms with Crippen LogP contribution in [0.5, 0.6) is 0 Å². The monoisotopic (exact) mass is 238 g/mol. The Morgan fingerprint density at radius 1 is 1.25 bits per heavy atom. The molecule has 0 atom stereocenters. The first kappa shape index (κ1) is 12.8. The molecule has 0 amide bonds. The quantitative estimate of drug-likeness (QED) is 0.330. The van der Waals surface area contributed by atoms with E-state index in [1.165, 1.54) is 0 Å². The van der Waals surface area contributed by atoms with Gasteiger partial charge in [-0.05, 0) is 6.26 Å². The first-order chi connectivity index (χ1) is 7.74. The molecule has 0 bridgehead atoms. The molecular formula is C12H14O3S. The summed E-state index contributed by atoms with van der Waals surface area (Å²) in [6, 6.07) is 8.75. The Balaban J connectivity index is 2.37. The molecule has 0 aliphatic heterocycles. The number of hydrogen-bond donors (Lipinski definition) is 0. The summed E-state index contributed by atoms with van der Waals surface area (Å²) in [7, 11) is 0. The van der Waals surface area contributed by atoms with Gasteiger partial charge < -0.3 is 4.74 Å². The molecule has 0 saturated carbocycles. The van der Waals surface area contributed by atoms with Crippen molar-refractivity contribution in [3.63, 3.8) is 0 Å². The third kappa shape index (κ3) is 4.49. The van der Waals surface area contributed by atoms with Gasteiger partial charge in [0.2, 0.25) is 0 Å². The number of carbonyl (C=O) groups is 2. The average Bonchev–Trinajstić information content (AvgIpc) is 2.30. The van der Waals surface area contributed by atoms with Gasteiger partial charge in [0.1, 0.15) is 13.0 Å². The smallest absolute Gasteiger partial charge is 0.313 e. The Kier molecular flexibility index (Phi) is 5.64. The second-order valence-electron chi connectivity index (χ2n) is 3.18. The van der Waals surface area contributed by atoms with Crippen LogP contribution < -0.4 is 0 Å². The van der Waals surface area contributed by atoms with Crippen LogP contribution in [-0.2, 0) is 9.53 Å². The van der Waals surface area contributed by atoms with Gasteiger partial charge in [-0.3, -0.25) is 9.59 Å². The van der Waals surface area contributed by atoms with E-state index < -0.39 is 5.97 Å². The van der Waals surface area contributed by atoms with Crippen LogP contribution in [0.2, 0.25) is 0 Å². The largest absolute Gasteiger partial charge is 0.464 e. The van der Waals surface area contributed by atoms with E-state index >= 15 is 0 Å². The van der Waals surface area contributed by atoms with Gasteiger partial charge in [-0.25, -0.2) is 0 Å². The predicted molar refractivity (Wildman–Crippen MR) is 64.7 cm³/mol. The van der Waals surface area contributed by atoms with Gasteiger partial charge in [-0.1, -0.05) is 30.3 Å². The zero-order valence-electron chi connectivity index (χ0n) is 9.14. The fraction of sp³-hybridized carbons (Fsp3) is 0.333. The first-order valence-corrected chi connectivity index (χ1v) is 6.36. The maximum Gasteiger partial charge on any atom is 0.313 e. The SMILES string of the molecule is CSCCOC(=O)CC(=O)c1ccccc1. The summed E-state index contributed by atoms with van der Waals surface area (Å²) in [5.41, 5.74) is 0.546. The normalized spacial score (nSPS) is 9.81. The van der Waals surface area contributed by atoms with E-state index in [4.69, 9.17) is 4.74 Å². The van der Waals surface area contributed by atoms with Gasteiger partial charge in [-0.15, -0.1) is 0 Å². The highest BCUT2D eigenvalue weighted by atomic mass is 32.2. The van der Waals surface area contributed by atoms with Crippen LogP contribution in [0.4, 0.5) is 0 Å². The minimum atomic E-state index is -0.456. The molecule has 0 aliphatic carbocycles. The number of carbonyl (C=O) groups excluding carboxylic acids is 2. The molecule has 1 rings (SSSR count). The van der Waals surface area contributed by atoms with Crippen molar-refractivity contribution in [2.24, 2.45) is 0 Å². The molecule has 0 radical (unpaired) electrons. The van der Waals surface area contributed by atoms with Gasteiger partial charge in [0.15, 0.2) is 5.78 Å². The Bertz CT molecular complexity index is 349. The molecule has 1 aromatic rings. The van der Waals surface area contributed by atoms with Crippen LogP contribution in [0.3, 0.4) is 0 Å². The van der Waals surface area contributed by atoms with Gasteiger partial charge in [0.25, 0.3) is 0 Å². The number of thioether (sulfide) groups is 1. The lowest BCUT2D eigenvalue weighted by molar-refractivity contribution is -0.141. The lowest BCUT2D eigenvalue weighted by atomic mass is 10.1. The Morgan fingerprint density at radius 2 is 1.94 bits per heavy atom. The average molecular weight is 238 g/mol. The minimum Gasteiger partial charge on any atom is -0.464 e. The molecule has 3 nitrogen and oxygen atoms in total. The van der Waals surface area contributed by atoms with Crippen molar-refractivity contribution in [1.82, 2.24) is 0 Å². The number of ketones is 1. The summed E-state index contributed by atoms with van der Waals surface area (Å²) in [6.07, 6.45) is 1.75. The Labute approximate surface area is 99.2 Å². The molecule has 16 heavy (non-hydrogen) atoms. The van der Waals surface area contributed by atoms with E-state index in [0.717, 1.165) is 5.75 Å². The van der Waals surface area contributed by atoms with Crippen molar-refractivity contribution < 1.29 is 14.3 Å². The second-order valence-corrected chi connectivity index (χ2v) is 4.16. The van der Waals surface area contributed by atoms with Gasteiger partial charge >= 0.3 is 5.97 Å². The fourth-order valence-corrected chi connectivity index (χ4v) is 1.40. The first-order valence-electron chi connectivity index (χ1n) is 4.97. The molecule has 0 aromatic heterocycles. The minimum absolute atomic E-state index is 0.182. The molecule has 0 saturated heterocycles. The molecular weight excluding hydrogens is 224 g/mol. The predicted octanol–water partition coefficient (Wildman–Crippen LogP) is 2.17. The van der Waals surface area contributed by atoms with E-state index in [0.29, 0.717) is 12.2 Å². The van der Waals surface area contributed by atoms with Crippen LogP contribution in [0.25, 0.3) is 0 Å². The van der Waals surface area contributed by atoms with Crippen LogP contribution in [0.15, 0.2) is 30.3 Å². The third-order valence-electron chi connectivity index (χ3n) is 1.95. The fourth-order valence-electron chi connectivity index (χ4n) is 1.15. The van der Waals surface area contributed by atoms with E-state index in [1.807, 2.05) is 12.3 Å². The van der Waals surface area contributed by atoms with E-state index in [2.05, 4.69) is 0 Å². The number of esters is 1. The van der Waals surface area contributed by atoms with Crippen LogP contribution in [0.1, 0.15) is 16.8 Å². The topological polar surface area (TPSA) is 43.4 Å². The van der Waals surface area contributed by atoms with Crippen LogP contribution >= 0.6 is 11.8 Å². The van der Waals surface area contributed by atoms with Crippen molar-refractivity contribution in [3.05, 3.63) is 35.9 Å². The van der Waals surface area contributed by atoms with Crippen molar-refractivity contribution in [2.45, 2.75) is 6.42 Å². The van der Waals surface area contributed by atoms with E-state index in [9.17, 15) is 9.59 Å². The van der Waals surface area contributed by atoms with Crippen LogP contribution in [-0.4, -0.2) is 30.4 Å². The third-order valence-corrected chi connectivity index (χ3v) is 2.53. The maximum atomic E-state index is 11.6. The summed E-state index contributed by atoms with van der Waals surface area (Å²) < 4.78 is 4.89. The molecule has 0 heterocycles. The zero-order chi connectivity index (χ0) is 11.8. The molecule has 0 fully saturated rings. The van der Waals surface area contributed by atoms with Gasteiger partial charge in [0.05, 0.1) is 0 Å². The molecule has 0 spiro atoms. The zero-order valence-corrected chi connectivity index (χ0v) is 9.96. The van der Waals surface area contributed by atoms with Gasteiger partial charge in [-0.2, -0.15) is 11.8 Å². The Hall–Kier alpha value is -1.29. The molecule has 0 unspecified atom stereocenters. The standard InChI is InChI=1S/C12H14O3S/c1-16-8-7-15-12(14)9-11(13)10-5-3-2-4-6-10/h2-6H,7-9H2,1H3.